The average molecular weight is 329 g/mol. The van der Waals surface area contributed by atoms with Gasteiger partial charge in [0.05, 0.1) is 12.6 Å². The largest absolute Gasteiger partial charge is 0.454 e. The standard InChI is InChI=1S/C15H20N2O4.ClH/c18-15(9-16-8-12-2-1-5-19-12)17-7-11-3-4-13-14(6-11)21-10-20-13;/h3-4,6,12,16H,1-2,5,7-10H2,(H,17,18);1H. The zero-order valence-electron chi connectivity index (χ0n) is 12.3. The molecule has 0 spiro atoms. The molecule has 2 aliphatic heterocycles. The molecule has 122 valence electrons. The minimum atomic E-state index is -0.0225. The van der Waals surface area contributed by atoms with Crippen molar-refractivity contribution in [3.63, 3.8) is 0 Å². The van der Waals surface area contributed by atoms with Gasteiger partial charge in [0.1, 0.15) is 0 Å². The van der Waals surface area contributed by atoms with E-state index in [-0.39, 0.29) is 31.2 Å². The van der Waals surface area contributed by atoms with Crippen LogP contribution in [-0.2, 0) is 16.1 Å². The first-order valence-corrected chi connectivity index (χ1v) is 7.29. The number of rotatable bonds is 6. The topological polar surface area (TPSA) is 68.8 Å². The first kappa shape index (κ1) is 16.9. The lowest BCUT2D eigenvalue weighted by atomic mass is 10.2. The van der Waals surface area contributed by atoms with Crippen LogP contribution in [0.4, 0.5) is 0 Å². The molecule has 2 aliphatic rings. The average Bonchev–Trinajstić information content (AvgIpc) is 3.15. The quantitative estimate of drug-likeness (QED) is 0.822. The Hall–Kier alpha value is -1.50. The summed E-state index contributed by atoms with van der Waals surface area (Å²) in [6, 6.07) is 5.68. The van der Waals surface area contributed by atoms with Crippen LogP contribution in [0.2, 0.25) is 0 Å². The highest BCUT2D eigenvalue weighted by molar-refractivity contribution is 5.85. The second-order valence-electron chi connectivity index (χ2n) is 5.23. The molecular formula is C15H21ClN2O4. The van der Waals surface area contributed by atoms with Gasteiger partial charge in [-0.3, -0.25) is 4.79 Å². The monoisotopic (exact) mass is 328 g/mol. The molecule has 3 rings (SSSR count). The van der Waals surface area contributed by atoms with Crippen LogP contribution >= 0.6 is 12.4 Å². The Morgan fingerprint density at radius 3 is 2.95 bits per heavy atom. The van der Waals surface area contributed by atoms with Crippen LogP contribution < -0.4 is 20.1 Å². The summed E-state index contributed by atoms with van der Waals surface area (Å²) in [5.74, 6) is 1.47. The molecule has 1 aromatic rings. The lowest BCUT2D eigenvalue weighted by Gasteiger charge is -2.11. The first-order chi connectivity index (χ1) is 10.3. The van der Waals surface area contributed by atoms with Gasteiger partial charge in [-0.15, -0.1) is 12.4 Å². The van der Waals surface area contributed by atoms with Crippen LogP contribution in [0.15, 0.2) is 18.2 Å². The highest BCUT2D eigenvalue weighted by Gasteiger charge is 2.15. The third-order valence-corrected chi connectivity index (χ3v) is 3.61. The number of fused-ring (bicyclic) bond motifs is 1. The second-order valence-corrected chi connectivity index (χ2v) is 5.23. The summed E-state index contributed by atoms with van der Waals surface area (Å²) in [5.41, 5.74) is 0.992. The molecule has 1 saturated heterocycles. The predicted molar refractivity (Wildman–Crippen MR) is 83.5 cm³/mol. The number of amides is 1. The normalized spacial score (nSPS) is 18.8. The number of benzene rings is 1. The zero-order chi connectivity index (χ0) is 14.5. The summed E-state index contributed by atoms with van der Waals surface area (Å²) in [7, 11) is 0. The molecule has 0 aliphatic carbocycles. The van der Waals surface area contributed by atoms with Gasteiger partial charge in [-0.1, -0.05) is 6.07 Å². The van der Waals surface area contributed by atoms with Crippen molar-refractivity contribution in [3.05, 3.63) is 23.8 Å². The van der Waals surface area contributed by atoms with E-state index < -0.39 is 0 Å². The minimum Gasteiger partial charge on any atom is -0.454 e. The molecule has 7 heteroatoms. The van der Waals surface area contributed by atoms with Crippen molar-refractivity contribution in [1.82, 2.24) is 10.6 Å². The summed E-state index contributed by atoms with van der Waals surface area (Å²) >= 11 is 0. The summed E-state index contributed by atoms with van der Waals surface area (Å²) < 4.78 is 16.0. The molecule has 22 heavy (non-hydrogen) atoms. The molecular weight excluding hydrogens is 308 g/mol. The first-order valence-electron chi connectivity index (χ1n) is 7.29. The van der Waals surface area contributed by atoms with Crippen molar-refractivity contribution in [2.24, 2.45) is 0 Å². The van der Waals surface area contributed by atoms with Gasteiger partial charge in [-0.2, -0.15) is 0 Å². The van der Waals surface area contributed by atoms with Crippen molar-refractivity contribution < 1.29 is 19.0 Å². The van der Waals surface area contributed by atoms with Gasteiger partial charge in [0, 0.05) is 19.7 Å². The third-order valence-electron chi connectivity index (χ3n) is 3.61. The van der Waals surface area contributed by atoms with E-state index in [9.17, 15) is 4.79 Å². The molecule has 1 unspecified atom stereocenters. The summed E-state index contributed by atoms with van der Waals surface area (Å²) in [5, 5.41) is 6.00. The van der Waals surface area contributed by atoms with Gasteiger partial charge in [-0.05, 0) is 30.5 Å². The van der Waals surface area contributed by atoms with E-state index in [4.69, 9.17) is 14.2 Å². The second kappa shape index (κ2) is 8.22. The van der Waals surface area contributed by atoms with E-state index in [0.717, 1.165) is 43.1 Å². The lowest BCUT2D eigenvalue weighted by Crippen LogP contribution is -2.36. The van der Waals surface area contributed by atoms with Crippen molar-refractivity contribution in [1.29, 1.82) is 0 Å². The maximum atomic E-state index is 11.8. The molecule has 0 saturated carbocycles. The number of hydrogen-bond donors (Lipinski definition) is 2. The Balaban J connectivity index is 0.00000176. The molecule has 0 radical (unpaired) electrons. The molecule has 1 amide bonds. The molecule has 0 aromatic heterocycles. The number of ether oxygens (including phenoxy) is 3. The SMILES string of the molecule is Cl.O=C(CNCC1CCCO1)NCc1ccc2c(c1)OCO2. The fraction of sp³-hybridized carbons (Fsp3) is 0.533. The number of nitrogens with one attached hydrogen (secondary N) is 2. The smallest absolute Gasteiger partial charge is 0.234 e. The lowest BCUT2D eigenvalue weighted by molar-refractivity contribution is -0.120. The van der Waals surface area contributed by atoms with Crippen molar-refractivity contribution in [2.75, 3.05) is 26.5 Å². The van der Waals surface area contributed by atoms with Crippen LogP contribution in [-0.4, -0.2) is 38.5 Å². The Kier molecular flexibility index (Phi) is 6.30. The van der Waals surface area contributed by atoms with Crippen LogP contribution in [0.3, 0.4) is 0 Å². The predicted octanol–water partition coefficient (Wildman–Crippen LogP) is 1.22. The maximum Gasteiger partial charge on any atom is 0.234 e. The summed E-state index contributed by atoms with van der Waals surface area (Å²) in [6.07, 6.45) is 2.45. The molecule has 1 atom stereocenters. The minimum absolute atomic E-state index is 0. The highest BCUT2D eigenvalue weighted by Crippen LogP contribution is 2.32. The van der Waals surface area contributed by atoms with Crippen LogP contribution in [0.25, 0.3) is 0 Å². The van der Waals surface area contributed by atoms with Gasteiger partial charge in [0.25, 0.3) is 0 Å². The number of carbonyl (C=O) groups excluding carboxylic acids is 1. The van der Waals surface area contributed by atoms with Crippen molar-refractivity contribution >= 4 is 18.3 Å². The molecule has 1 fully saturated rings. The van der Waals surface area contributed by atoms with Gasteiger partial charge in [-0.25, -0.2) is 0 Å². The number of halogens is 1. The number of hydrogen-bond acceptors (Lipinski definition) is 5. The van der Waals surface area contributed by atoms with Gasteiger partial charge >= 0.3 is 0 Å². The molecule has 2 heterocycles. The molecule has 6 nitrogen and oxygen atoms in total. The maximum absolute atomic E-state index is 11.8. The van der Waals surface area contributed by atoms with Crippen LogP contribution in [0, 0.1) is 0 Å². The van der Waals surface area contributed by atoms with Gasteiger partial charge in [0.15, 0.2) is 11.5 Å². The van der Waals surface area contributed by atoms with E-state index in [1.165, 1.54) is 0 Å². The van der Waals surface area contributed by atoms with Gasteiger partial charge in [0.2, 0.25) is 12.7 Å². The fourth-order valence-electron chi connectivity index (χ4n) is 2.47. The van der Waals surface area contributed by atoms with Crippen molar-refractivity contribution in [2.45, 2.75) is 25.5 Å². The number of carbonyl (C=O) groups is 1. The van der Waals surface area contributed by atoms with Crippen LogP contribution in [0.5, 0.6) is 11.5 Å². The Morgan fingerprint density at radius 2 is 2.14 bits per heavy atom. The summed E-state index contributed by atoms with van der Waals surface area (Å²) in [4.78, 5) is 11.8. The van der Waals surface area contributed by atoms with Crippen molar-refractivity contribution in [3.8, 4) is 11.5 Å². The van der Waals surface area contributed by atoms with E-state index in [1.807, 2.05) is 18.2 Å². The summed E-state index contributed by atoms with van der Waals surface area (Å²) in [6.45, 7) is 2.62. The fourth-order valence-corrected chi connectivity index (χ4v) is 2.47. The molecule has 2 N–H and O–H groups in total. The van der Waals surface area contributed by atoms with E-state index >= 15 is 0 Å². The zero-order valence-corrected chi connectivity index (χ0v) is 13.1. The molecule has 0 bridgehead atoms. The highest BCUT2D eigenvalue weighted by atomic mass is 35.5. The van der Waals surface area contributed by atoms with E-state index in [2.05, 4.69) is 10.6 Å². The van der Waals surface area contributed by atoms with Crippen LogP contribution in [0.1, 0.15) is 18.4 Å². The third kappa shape index (κ3) is 4.50. The Labute approximate surface area is 135 Å². The van der Waals surface area contributed by atoms with E-state index in [0.29, 0.717) is 13.1 Å². The Morgan fingerprint density at radius 1 is 1.27 bits per heavy atom. The van der Waals surface area contributed by atoms with Gasteiger partial charge < -0.3 is 24.8 Å². The molecule has 1 aromatic carbocycles. The Bertz CT molecular complexity index is 506. The van der Waals surface area contributed by atoms with E-state index in [1.54, 1.807) is 0 Å².